The minimum atomic E-state index is -5.19. The fraction of sp³-hybridized carbons (Fsp3) is 0.348. The highest BCUT2D eigenvalue weighted by atomic mass is 79.9. The molecule has 10 heteroatoms. The van der Waals surface area contributed by atoms with Gasteiger partial charge in [-0.25, -0.2) is 4.79 Å². The van der Waals surface area contributed by atoms with Crippen LogP contribution in [0.15, 0.2) is 50.2 Å². The Morgan fingerprint density at radius 2 is 2.00 bits per heavy atom. The number of nitrogens with one attached hydrogen (secondary N) is 1. The van der Waals surface area contributed by atoms with Crippen molar-refractivity contribution in [2.45, 2.75) is 50.3 Å². The van der Waals surface area contributed by atoms with Gasteiger partial charge in [0.25, 0.3) is 5.91 Å². The third kappa shape index (κ3) is 4.41. The summed E-state index contributed by atoms with van der Waals surface area (Å²) >= 11 is 3.37. The second-order valence-corrected chi connectivity index (χ2v) is 9.18. The summed E-state index contributed by atoms with van der Waals surface area (Å²) in [5.41, 5.74) is -2.36. The highest BCUT2D eigenvalue weighted by Crippen LogP contribution is 2.44. The summed E-state index contributed by atoms with van der Waals surface area (Å²) in [6.07, 6.45) is -4.19. The minimum Gasteiger partial charge on any atom is -0.373 e. The van der Waals surface area contributed by atoms with Gasteiger partial charge in [-0.1, -0.05) is 27.2 Å². The summed E-state index contributed by atoms with van der Waals surface area (Å²) in [6.45, 7) is 1.56. The third-order valence-electron chi connectivity index (χ3n) is 6.08. The van der Waals surface area contributed by atoms with E-state index in [2.05, 4.69) is 30.9 Å². The van der Waals surface area contributed by atoms with Crippen LogP contribution in [0.4, 0.5) is 18.9 Å². The maximum Gasteiger partial charge on any atom is 0.426 e. The number of amides is 1. The molecular formula is C23H20BrF3N2O4. The standard InChI is InChI=1S/C23H20BrF3N2O4/c1-12-19-10-16(6-8-18(19)20(30)33-29-12)28-21(31)22(32,23(25,26)27)11-14-4-2-3-13-9-15(24)5-7-17(13)14/h5-10,14,32H,2-4,11H2,1H3,(H,28,31). The van der Waals surface area contributed by atoms with Crippen molar-refractivity contribution in [2.75, 3.05) is 5.32 Å². The van der Waals surface area contributed by atoms with Crippen LogP contribution in [0.2, 0.25) is 0 Å². The molecule has 6 nitrogen and oxygen atoms in total. The molecule has 1 heterocycles. The molecule has 3 aromatic rings. The van der Waals surface area contributed by atoms with Gasteiger partial charge in [-0.15, -0.1) is 0 Å². The van der Waals surface area contributed by atoms with Gasteiger partial charge in [-0.05, 0) is 73.6 Å². The van der Waals surface area contributed by atoms with Gasteiger partial charge in [0.1, 0.15) is 0 Å². The Bertz CT molecular complexity index is 1290. The van der Waals surface area contributed by atoms with Gasteiger partial charge in [-0.2, -0.15) is 13.2 Å². The van der Waals surface area contributed by atoms with Crippen LogP contribution < -0.4 is 10.9 Å². The van der Waals surface area contributed by atoms with E-state index in [-0.39, 0.29) is 11.1 Å². The highest BCUT2D eigenvalue weighted by Gasteiger charge is 2.60. The van der Waals surface area contributed by atoms with Gasteiger partial charge in [0, 0.05) is 22.0 Å². The molecule has 2 unspecified atom stereocenters. The fourth-order valence-corrected chi connectivity index (χ4v) is 4.74. The summed E-state index contributed by atoms with van der Waals surface area (Å²) in [5.74, 6) is -2.21. The first kappa shape index (κ1) is 23.4. The summed E-state index contributed by atoms with van der Waals surface area (Å²) in [7, 11) is 0. The summed E-state index contributed by atoms with van der Waals surface area (Å²) < 4.78 is 47.6. The first-order valence-electron chi connectivity index (χ1n) is 10.3. The number of anilines is 1. The van der Waals surface area contributed by atoms with E-state index in [1.807, 2.05) is 6.07 Å². The number of aryl methyl sites for hydroxylation is 2. The maximum absolute atomic E-state index is 14.0. The van der Waals surface area contributed by atoms with Gasteiger partial charge < -0.3 is 14.9 Å². The summed E-state index contributed by atoms with van der Waals surface area (Å²) in [6, 6.07) is 9.27. The van der Waals surface area contributed by atoms with Crippen LogP contribution in [0.3, 0.4) is 0 Å². The average molecular weight is 525 g/mol. The zero-order chi connectivity index (χ0) is 24.0. The highest BCUT2D eigenvalue weighted by molar-refractivity contribution is 9.10. The molecule has 0 saturated carbocycles. The second-order valence-electron chi connectivity index (χ2n) is 8.26. The van der Waals surface area contributed by atoms with E-state index in [9.17, 15) is 27.9 Å². The van der Waals surface area contributed by atoms with Gasteiger partial charge in [0.2, 0.25) is 5.60 Å². The lowest BCUT2D eigenvalue weighted by atomic mass is 9.76. The van der Waals surface area contributed by atoms with Crippen molar-refractivity contribution in [1.82, 2.24) is 5.16 Å². The Morgan fingerprint density at radius 1 is 1.24 bits per heavy atom. The largest absolute Gasteiger partial charge is 0.426 e. The molecule has 1 aliphatic carbocycles. The number of carbonyl (C=O) groups excluding carboxylic acids is 1. The van der Waals surface area contributed by atoms with Crippen molar-refractivity contribution in [2.24, 2.45) is 0 Å². The van der Waals surface area contributed by atoms with Crippen molar-refractivity contribution < 1.29 is 27.6 Å². The number of aliphatic hydroxyl groups is 1. The van der Waals surface area contributed by atoms with E-state index in [4.69, 9.17) is 0 Å². The molecule has 0 bridgehead atoms. The fourth-order valence-electron chi connectivity index (χ4n) is 4.33. The molecule has 1 aliphatic rings. The van der Waals surface area contributed by atoms with E-state index < -0.39 is 35.6 Å². The monoisotopic (exact) mass is 524 g/mol. The van der Waals surface area contributed by atoms with Crippen molar-refractivity contribution >= 4 is 38.3 Å². The predicted octanol–water partition coefficient (Wildman–Crippen LogP) is 5.00. The normalized spacial score (nSPS) is 17.9. The van der Waals surface area contributed by atoms with Crippen LogP contribution in [-0.2, 0) is 11.2 Å². The second kappa shape index (κ2) is 8.57. The Morgan fingerprint density at radius 3 is 2.73 bits per heavy atom. The van der Waals surface area contributed by atoms with E-state index in [1.54, 1.807) is 19.1 Å². The van der Waals surface area contributed by atoms with Gasteiger partial charge >= 0.3 is 11.8 Å². The number of aromatic nitrogens is 1. The smallest absolute Gasteiger partial charge is 0.373 e. The quantitative estimate of drug-likeness (QED) is 0.500. The van der Waals surface area contributed by atoms with Crippen molar-refractivity contribution in [1.29, 1.82) is 0 Å². The maximum atomic E-state index is 14.0. The summed E-state index contributed by atoms with van der Waals surface area (Å²) in [4.78, 5) is 24.6. The van der Waals surface area contributed by atoms with Crippen LogP contribution in [0.5, 0.6) is 0 Å². The lowest BCUT2D eigenvalue weighted by molar-refractivity contribution is -0.252. The molecule has 2 N–H and O–H groups in total. The number of alkyl halides is 3. The van der Waals surface area contributed by atoms with E-state index in [0.717, 1.165) is 16.5 Å². The molecule has 33 heavy (non-hydrogen) atoms. The molecule has 0 aliphatic heterocycles. The van der Waals surface area contributed by atoms with Gasteiger partial charge in [-0.3, -0.25) is 4.79 Å². The average Bonchev–Trinajstić information content (AvgIpc) is 2.75. The van der Waals surface area contributed by atoms with Crippen molar-refractivity contribution in [3.05, 3.63) is 68.1 Å². The van der Waals surface area contributed by atoms with Crippen molar-refractivity contribution in [3.63, 3.8) is 0 Å². The zero-order valence-electron chi connectivity index (χ0n) is 17.5. The number of hydrogen-bond acceptors (Lipinski definition) is 5. The molecule has 2 aromatic carbocycles. The molecule has 2 atom stereocenters. The molecule has 0 spiro atoms. The zero-order valence-corrected chi connectivity index (χ0v) is 19.1. The minimum absolute atomic E-state index is 0.00125. The van der Waals surface area contributed by atoms with E-state index in [0.29, 0.717) is 29.5 Å². The number of benzene rings is 2. The van der Waals surface area contributed by atoms with Crippen LogP contribution in [0, 0.1) is 6.92 Å². The predicted molar refractivity (Wildman–Crippen MR) is 119 cm³/mol. The number of halogens is 4. The number of fused-ring (bicyclic) bond motifs is 2. The van der Waals surface area contributed by atoms with Crippen LogP contribution in [0.1, 0.15) is 42.0 Å². The lowest BCUT2D eigenvalue weighted by Crippen LogP contribution is -2.55. The molecule has 1 amide bonds. The number of carbonyl (C=O) groups is 1. The Kier molecular flexibility index (Phi) is 6.09. The van der Waals surface area contributed by atoms with Crippen LogP contribution in [0.25, 0.3) is 10.8 Å². The molecule has 4 rings (SSSR count). The number of nitrogens with zero attached hydrogens (tertiary/aromatic N) is 1. The molecule has 174 valence electrons. The van der Waals surface area contributed by atoms with E-state index in [1.165, 1.54) is 18.2 Å². The van der Waals surface area contributed by atoms with Crippen LogP contribution in [-0.4, -0.2) is 27.9 Å². The topological polar surface area (TPSA) is 92.4 Å². The molecule has 0 radical (unpaired) electrons. The van der Waals surface area contributed by atoms with Gasteiger partial charge in [0.05, 0.1) is 11.1 Å². The molecule has 1 aromatic heterocycles. The lowest BCUT2D eigenvalue weighted by Gasteiger charge is -2.35. The van der Waals surface area contributed by atoms with Gasteiger partial charge in [0.15, 0.2) is 0 Å². The first-order chi connectivity index (χ1) is 15.5. The Labute approximate surface area is 194 Å². The third-order valence-corrected chi connectivity index (χ3v) is 6.58. The first-order valence-corrected chi connectivity index (χ1v) is 11.1. The molecule has 0 saturated heterocycles. The Balaban J connectivity index is 1.66. The Hall–Kier alpha value is -2.72. The van der Waals surface area contributed by atoms with E-state index >= 15 is 0 Å². The molecular weight excluding hydrogens is 505 g/mol. The molecule has 0 fully saturated rings. The number of hydrogen-bond donors (Lipinski definition) is 2. The van der Waals surface area contributed by atoms with Crippen molar-refractivity contribution in [3.8, 4) is 0 Å². The number of rotatable bonds is 4. The summed E-state index contributed by atoms with van der Waals surface area (Å²) in [5, 5.41) is 17.0. The SMILES string of the molecule is Cc1noc(=O)c2ccc(NC(=O)C(O)(CC3CCCc4cc(Br)ccc43)C(F)(F)F)cc12. The van der Waals surface area contributed by atoms with Crippen LogP contribution >= 0.6 is 15.9 Å².